The average molecular weight is 326 g/mol. The highest BCUT2D eigenvalue weighted by Crippen LogP contribution is 2.21. The molecule has 1 unspecified atom stereocenters. The van der Waals surface area contributed by atoms with Crippen molar-refractivity contribution in [3.63, 3.8) is 0 Å². The van der Waals surface area contributed by atoms with E-state index in [2.05, 4.69) is 5.32 Å². The summed E-state index contributed by atoms with van der Waals surface area (Å²) in [5.41, 5.74) is 6.02. The fraction of sp³-hybridized carbons (Fsp3) is 0.263. The molecule has 0 aromatic heterocycles. The van der Waals surface area contributed by atoms with Crippen LogP contribution in [0.4, 0.5) is 0 Å². The third-order valence-electron chi connectivity index (χ3n) is 3.90. The maximum Gasteiger partial charge on any atom is 0.235 e. The molecule has 0 saturated heterocycles. The van der Waals surface area contributed by atoms with Crippen LogP contribution in [0.2, 0.25) is 0 Å². The molecule has 0 heterocycles. The van der Waals surface area contributed by atoms with Crippen LogP contribution in [0.5, 0.6) is 0 Å². The second-order valence-corrected chi connectivity index (χ2v) is 6.18. The molecule has 2 aromatic rings. The molecular weight excluding hydrogens is 304 g/mol. The second-order valence-electron chi connectivity index (χ2n) is 6.18. The Morgan fingerprint density at radius 3 is 2.00 bits per heavy atom. The first-order chi connectivity index (χ1) is 11.3. The first kappa shape index (κ1) is 17.8. The predicted molar refractivity (Wildman–Crippen MR) is 92.1 cm³/mol. The number of benzene rings is 2. The largest absolute Gasteiger partial charge is 0.378 e. The number of aliphatic hydroxyl groups excluding tert-OH is 1. The zero-order valence-corrected chi connectivity index (χ0v) is 13.8. The number of carbonyl (C=O) groups is 2. The summed E-state index contributed by atoms with van der Waals surface area (Å²) in [5, 5.41) is 12.6. The van der Waals surface area contributed by atoms with Crippen molar-refractivity contribution >= 4 is 11.7 Å². The van der Waals surface area contributed by atoms with Crippen molar-refractivity contribution in [3.05, 3.63) is 71.8 Å². The molecule has 4 N–H and O–H groups in total. The number of Topliss-reactive ketones (excluding diaryl/α,β-unsaturated/α-hetero) is 1. The molecule has 0 bridgehead atoms. The molecule has 24 heavy (non-hydrogen) atoms. The standard InChI is InChI=1S/C19H22N2O3/c1-19(2,14-11-7-4-8-12-14)21-18(24)15(17(20)23)16(22)13-9-5-3-6-10-13/h3-12,15,17,23H,20H2,1-2H3,(H,21,24)/t15-,17?/m1/s1. The fourth-order valence-corrected chi connectivity index (χ4v) is 2.52. The highest BCUT2D eigenvalue weighted by atomic mass is 16.3. The fourth-order valence-electron chi connectivity index (χ4n) is 2.52. The monoisotopic (exact) mass is 326 g/mol. The molecule has 0 aliphatic rings. The first-order valence-corrected chi connectivity index (χ1v) is 7.73. The Morgan fingerprint density at radius 2 is 1.50 bits per heavy atom. The molecule has 0 spiro atoms. The molecule has 1 amide bonds. The minimum Gasteiger partial charge on any atom is -0.378 e. The Labute approximate surface area is 141 Å². The van der Waals surface area contributed by atoms with Gasteiger partial charge in [0.15, 0.2) is 5.78 Å². The molecule has 2 rings (SSSR count). The molecule has 2 aromatic carbocycles. The molecule has 126 valence electrons. The van der Waals surface area contributed by atoms with Crippen LogP contribution in [-0.4, -0.2) is 23.0 Å². The lowest BCUT2D eigenvalue weighted by Gasteiger charge is -2.29. The van der Waals surface area contributed by atoms with Crippen molar-refractivity contribution in [2.24, 2.45) is 11.7 Å². The van der Waals surface area contributed by atoms with Crippen LogP contribution in [0, 0.1) is 5.92 Å². The maximum atomic E-state index is 12.6. The third-order valence-corrected chi connectivity index (χ3v) is 3.90. The lowest BCUT2D eigenvalue weighted by molar-refractivity contribution is -0.128. The van der Waals surface area contributed by atoms with E-state index < -0.39 is 29.4 Å². The van der Waals surface area contributed by atoms with E-state index in [0.29, 0.717) is 5.56 Å². The number of hydrogen-bond donors (Lipinski definition) is 3. The van der Waals surface area contributed by atoms with E-state index in [9.17, 15) is 14.7 Å². The van der Waals surface area contributed by atoms with Crippen LogP contribution in [0.25, 0.3) is 0 Å². The van der Waals surface area contributed by atoms with Crippen LogP contribution < -0.4 is 11.1 Å². The SMILES string of the molecule is CC(C)(NC(=O)[C@H](C(=O)c1ccccc1)C(N)O)c1ccccc1. The van der Waals surface area contributed by atoms with Crippen molar-refractivity contribution in [2.45, 2.75) is 25.6 Å². The van der Waals surface area contributed by atoms with E-state index in [0.717, 1.165) is 5.56 Å². The van der Waals surface area contributed by atoms with Gasteiger partial charge in [-0.1, -0.05) is 60.7 Å². The average Bonchev–Trinajstić information content (AvgIpc) is 2.55. The first-order valence-electron chi connectivity index (χ1n) is 7.73. The van der Waals surface area contributed by atoms with Gasteiger partial charge in [0.2, 0.25) is 5.91 Å². The summed E-state index contributed by atoms with van der Waals surface area (Å²) in [5.74, 6) is -2.48. The van der Waals surface area contributed by atoms with Gasteiger partial charge in [-0.2, -0.15) is 0 Å². The second kappa shape index (κ2) is 7.38. The summed E-state index contributed by atoms with van der Waals surface area (Å²) < 4.78 is 0. The van der Waals surface area contributed by atoms with Gasteiger partial charge in [0, 0.05) is 5.56 Å². The molecule has 0 aliphatic carbocycles. The molecule has 0 radical (unpaired) electrons. The molecule has 0 fully saturated rings. The number of ketones is 1. The molecular formula is C19H22N2O3. The van der Waals surface area contributed by atoms with Crippen LogP contribution in [0.15, 0.2) is 60.7 Å². The van der Waals surface area contributed by atoms with Gasteiger partial charge in [-0.05, 0) is 19.4 Å². The number of hydrogen-bond acceptors (Lipinski definition) is 4. The number of rotatable bonds is 6. The Morgan fingerprint density at radius 1 is 1.00 bits per heavy atom. The maximum absolute atomic E-state index is 12.6. The number of nitrogens with two attached hydrogens (primary N) is 1. The molecule has 5 nitrogen and oxygen atoms in total. The number of aliphatic hydroxyl groups is 1. The third kappa shape index (κ3) is 4.07. The summed E-state index contributed by atoms with van der Waals surface area (Å²) in [4.78, 5) is 25.2. The van der Waals surface area contributed by atoms with Crippen molar-refractivity contribution in [1.82, 2.24) is 5.32 Å². The minimum absolute atomic E-state index is 0.333. The minimum atomic E-state index is -1.58. The summed E-state index contributed by atoms with van der Waals surface area (Å²) in [7, 11) is 0. The van der Waals surface area contributed by atoms with Crippen molar-refractivity contribution in [3.8, 4) is 0 Å². The van der Waals surface area contributed by atoms with Gasteiger partial charge in [-0.3, -0.25) is 9.59 Å². The highest BCUT2D eigenvalue weighted by molar-refractivity contribution is 6.10. The summed E-state index contributed by atoms with van der Waals surface area (Å²) in [6.45, 7) is 3.65. The summed E-state index contributed by atoms with van der Waals surface area (Å²) in [6, 6.07) is 17.7. The molecule has 5 heteroatoms. The normalized spacial score (nSPS) is 13.8. The highest BCUT2D eigenvalue weighted by Gasteiger charge is 2.35. The van der Waals surface area contributed by atoms with Crippen LogP contribution in [-0.2, 0) is 10.3 Å². The zero-order chi connectivity index (χ0) is 17.7. The number of nitrogens with one attached hydrogen (secondary N) is 1. The molecule has 0 aliphatic heterocycles. The van der Waals surface area contributed by atoms with E-state index >= 15 is 0 Å². The zero-order valence-electron chi connectivity index (χ0n) is 13.8. The van der Waals surface area contributed by atoms with E-state index in [1.54, 1.807) is 30.3 Å². The van der Waals surface area contributed by atoms with Gasteiger partial charge in [-0.25, -0.2) is 0 Å². The van der Waals surface area contributed by atoms with Gasteiger partial charge in [0.1, 0.15) is 12.1 Å². The Balaban J connectivity index is 2.22. The smallest absolute Gasteiger partial charge is 0.235 e. The van der Waals surface area contributed by atoms with E-state index in [-0.39, 0.29) is 0 Å². The van der Waals surface area contributed by atoms with Crippen LogP contribution in [0.3, 0.4) is 0 Å². The van der Waals surface area contributed by atoms with Crippen LogP contribution in [0.1, 0.15) is 29.8 Å². The summed E-state index contributed by atoms with van der Waals surface area (Å²) >= 11 is 0. The van der Waals surface area contributed by atoms with Gasteiger partial charge in [0.05, 0.1) is 5.54 Å². The van der Waals surface area contributed by atoms with Crippen molar-refractivity contribution in [2.75, 3.05) is 0 Å². The van der Waals surface area contributed by atoms with Gasteiger partial charge in [0.25, 0.3) is 0 Å². The molecule has 2 atom stereocenters. The van der Waals surface area contributed by atoms with E-state index in [1.807, 2.05) is 44.2 Å². The van der Waals surface area contributed by atoms with Crippen molar-refractivity contribution < 1.29 is 14.7 Å². The Kier molecular flexibility index (Phi) is 5.49. The van der Waals surface area contributed by atoms with Crippen LogP contribution >= 0.6 is 0 Å². The topological polar surface area (TPSA) is 92.4 Å². The lowest BCUT2D eigenvalue weighted by Crippen LogP contribution is -2.51. The van der Waals surface area contributed by atoms with Crippen molar-refractivity contribution in [1.29, 1.82) is 0 Å². The Bertz CT molecular complexity index is 697. The van der Waals surface area contributed by atoms with Gasteiger partial charge >= 0.3 is 0 Å². The number of carbonyl (C=O) groups excluding carboxylic acids is 2. The predicted octanol–water partition coefficient (Wildman–Crippen LogP) is 1.81. The number of amides is 1. The van der Waals surface area contributed by atoms with E-state index in [4.69, 9.17) is 5.73 Å². The van der Waals surface area contributed by atoms with E-state index in [1.165, 1.54) is 0 Å². The van der Waals surface area contributed by atoms with Gasteiger partial charge < -0.3 is 16.2 Å². The quantitative estimate of drug-likeness (QED) is 0.429. The Hall–Kier alpha value is -2.50. The molecule has 0 saturated carbocycles. The lowest BCUT2D eigenvalue weighted by atomic mass is 9.90. The van der Waals surface area contributed by atoms with Gasteiger partial charge in [-0.15, -0.1) is 0 Å². The summed E-state index contributed by atoms with van der Waals surface area (Å²) in [6.07, 6.45) is -1.58.